The average molecular weight is 725 g/mol. The number of rotatable bonds is 8. The molecule has 0 bridgehead atoms. The van der Waals surface area contributed by atoms with Crippen LogP contribution in [0.1, 0.15) is 134 Å². The van der Waals surface area contributed by atoms with Crippen molar-refractivity contribution in [1.29, 1.82) is 0 Å². The molecule has 0 saturated heterocycles. The molecule has 9 atom stereocenters. The molecule has 4 heteroatoms. The molecule has 0 aliphatic heterocycles. The molecule has 0 amide bonds. The van der Waals surface area contributed by atoms with Gasteiger partial charge in [-0.05, 0) is 124 Å². The molecule has 4 aliphatic carbocycles. The third-order valence-electron chi connectivity index (χ3n) is 16.1. The minimum absolute atomic E-state index is 0.0119. The van der Waals surface area contributed by atoms with Gasteiger partial charge in [-0.2, -0.15) is 0 Å². The van der Waals surface area contributed by atoms with E-state index in [1.165, 1.54) is 61.7 Å². The van der Waals surface area contributed by atoms with E-state index < -0.39 is 22.5 Å². The van der Waals surface area contributed by atoms with Gasteiger partial charge in [0.2, 0.25) is 0 Å². The number of aliphatic hydroxyl groups excluding tert-OH is 1. The van der Waals surface area contributed by atoms with Gasteiger partial charge in [0.05, 0.1) is 0 Å². The first-order valence-corrected chi connectivity index (χ1v) is 25.2. The van der Waals surface area contributed by atoms with E-state index in [-0.39, 0.29) is 10.5 Å². The van der Waals surface area contributed by atoms with E-state index in [1.54, 1.807) is 0 Å². The molecule has 4 fully saturated rings. The lowest BCUT2D eigenvalue weighted by Gasteiger charge is -2.61. The molecular weight excluding hydrogens is 653 g/mol. The molecule has 6 rings (SSSR count). The Kier molecular flexibility index (Phi) is 11.1. The van der Waals surface area contributed by atoms with Crippen LogP contribution >= 0.6 is 0 Å². The van der Waals surface area contributed by atoms with E-state index in [1.807, 2.05) is 0 Å². The van der Waals surface area contributed by atoms with Crippen molar-refractivity contribution in [3.63, 3.8) is 0 Å². The Morgan fingerprint density at radius 3 is 1.76 bits per heavy atom. The lowest BCUT2D eigenvalue weighted by molar-refractivity contribution is -0.129. The van der Waals surface area contributed by atoms with E-state index >= 15 is 0 Å². The Bertz CT molecular complexity index is 1470. The molecule has 0 aromatic heterocycles. The zero-order valence-corrected chi connectivity index (χ0v) is 36.3. The van der Waals surface area contributed by atoms with Gasteiger partial charge >= 0.3 is 0 Å². The second kappa shape index (κ2) is 14.5. The Balaban J connectivity index is 1.21. The van der Waals surface area contributed by atoms with Gasteiger partial charge in [0.1, 0.15) is 14.2 Å². The maximum Gasteiger partial charge on any atom is 0.261 e. The summed E-state index contributed by atoms with van der Waals surface area (Å²) in [5.74, 6) is 6.97. The molecule has 4 saturated carbocycles. The summed E-state index contributed by atoms with van der Waals surface area (Å²) in [4.78, 5) is 0. The summed E-state index contributed by atoms with van der Waals surface area (Å²) >= 11 is 0. The van der Waals surface area contributed by atoms with Crippen molar-refractivity contribution >= 4 is 26.8 Å². The summed E-state index contributed by atoms with van der Waals surface area (Å²) in [7, 11) is -4.43. The van der Waals surface area contributed by atoms with E-state index in [2.05, 4.69) is 148 Å². The quantitative estimate of drug-likeness (QED) is 0.217. The predicted molar refractivity (Wildman–Crippen MR) is 223 cm³/mol. The smallest absolute Gasteiger partial charge is 0.261 e. The lowest BCUT2D eigenvalue weighted by atomic mass is 9.44. The van der Waals surface area contributed by atoms with Crippen molar-refractivity contribution in [3.8, 4) is 11.5 Å². The van der Waals surface area contributed by atoms with Gasteiger partial charge in [0.15, 0.2) is 0 Å². The highest BCUT2D eigenvalue weighted by Crippen LogP contribution is 2.68. The molecule has 0 heterocycles. The van der Waals surface area contributed by atoms with Crippen molar-refractivity contribution in [2.45, 2.75) is 168 Å². The molecule has 2 nitrogen and oxygen atoms in total. The Morgan fingerprint density at radius 1 is 0.706 bits per heavy atom. The van der Waals surface area contributed by atoms with Crippen molar-refractivity contribution < 1.29 is 9.53 Å². The number of hydrogen-bond acceptors (Lipinski definition) is 2. The lowest BCUT2D eigenvalue weighted by Crippen LogP contribution is -2.68. The van der Waals surface area contributed by atoms with Gasteiger partial charge in [-0.25, -0.2) is 0 Å². The maximum absolute atomic E-state index is 11.9. The predicted octanol–water partition coefficient (Wildman–Crippen LogP) is 11.2. The van der Waals surface area contributed by atoms with Crippen molar-refractivity contribution in [3.05, 3.63) is 60.7 Å². The second-order valence-electron chi connectivity index (χ2n) is 20.2. The van der Waals surface area contributed by atoms with Crippen molar-refractivity contribution in [2.24, 2.45) is 40.4 Å². The Labute approximate surface area is 315 Å². The van der Waals surface area contributed by atoms with Gasteiger partial charge in [-0.1, -0.05) is 143 Å². The fourth-order valence-corrected chi connectivity index (χ4v) is 23.6. The molecule has 2 aromatic carbocycles. The highest BCUT2D eigenvalue weighted by Gasteiger charge is 2.62. The highest BCUT2D eigenvalue weighted by molar-refractivity contribution is 6.99. The Morgan fingerprint density at radius 2 is 1.24 bits per heavy atom. The first-order valence-electron chi connectivity index (χ1n) is 21.0. The van der Waals surface area contributed by atoms with Crippen LogP contribution in [0.2, 0.25) is 21.7 Å². The van der Waals surface area contributed by atoms with Crippen LogP contribution in [-0.4, -0.2) is 33.7 Å². The summed E-state index contributed by atoms with van der Waals surface area (Å²) in [5.41, 5.74) is 6.29. The van der Waals surface area contributed by atoms with Crippen LogP contribution < -0.4 is 10.4 Å². The van der Waals surface area contributed by atoms with E-state index in [4.69, 9.17) is 4.43 Å². The third kappa shape index (κ3) is 6.51. The summed E-state index contributed by atoms with van der Waals surface area (Å²) < 4.78 is 7.76. The summed E-state index contributed by atoms with van der Waals surface area (Å²) in [6.45, 7) is 26.8. The molecule has 51 heavy (non-hydrogen) atoms. The van der Waals surface area contributed by atoms with Gasteiger partial charge in [0, 0.05) is 12.0 Å². The number of benzene rings is 2. The summed E-state index contributed by atoms with van der Waals surface area (Å²) in [6, 6.07) is 22.5. The number of hydrogen-bond donors (Lipinski definition) is 1. The second-order valence-corrected chi connectivity index (χ2v) is 30.0. The zero-order valence-electron chi connectivity index (χ0n) is 34.3. The van der Waals surface area contributed by atoms with Crippen LogP contribution in [0.4, 0.5) is 0 Å². The van der Waals surface area contributed by atoms with Crippen LogP contribution in [0.25, 0.3) is 0 Å². The largest absolute Gasteiger partial charge is 0.404 e. The minimum Gasteiger partial charge on any atom is -0.404 e. The summed E-state index contributed by atoms with van der Waals surface area (Å²) in [5, 5.41) is 14.7. The maximum atomic E-state index is 11.9. The van der Waals surface area contributed by atoms with Crippen LogP contribution in [-0.2, 0) is 4.43 Å². The van der Waals surface area contributed by atoms with E-state index in [9.17, 15) is 5.11 Å². The van der Waals surface area contributed by atoms with Gasteiger partial charge in [-0.15, -0.1) is 5.54 Å². The van der Waals surface area contributed by atoms with Gasteiger partial charge in [-0.3, -0.25) is 0 Å². The molecule has 0 spiro atoms. The van der Waals surface area contributed by atoms with E-state index in [0.29, 0.717) is 34.1 Å². The fraction of sp³-hybridized carbons (Fsp3) is 0.702. The zero-order chi connectivity index (χ0) is 37.0. The Hall–Kier alpha value is -1.65. The van der Waals surface area contributed by atoms with Crippen molar-refractivity contribution in [2.75, 3.05) is 0 Å². The van der Waals surface area contributed by atoms with Gasteiger partial charge in [0.25, 0.3) is 8.32 Å². The first-order chi connectivity index (χ1) is 24.0. The standard InChI is InChI=1S/C47H72O2Si2/c1-33(2)50(34(3)4,35(5)6)31-28-44(48)43-25-24-41-40-23-22-36-32-37(26-29-46(36,10)42(40)27-30-47(41,43)11)49-51(45(7,8)9,38-18-14-12-15-19-38)39-20-16-13-17-21-39/h12-21,33-37,40-44,48H,22-27,29-30,32H2,1-11H3/t36-,37+,40-,41-,42-,43+,44+,46-,47-/m0/s1. The monoisotopic (exact) mass is 725 g/mol. The highest BCUT2D eigenvalue weighted by atomic mass is 28.4. The SMILES string of the molecule is CC(C)[Si](C#C[C@@H](O)[C@H]1CC[C@H]2[C@@H]3CC[C@H]4C[C@H](O[Si](c5ccccc5)(c5ccccc5)C(C)(C)C)CC[C@]4(C)[C@H]3CC[C@]12C)(C(C)C)C(C)C. The number of aliphatic hydroxyl groups is 1. The summed E-state index contributed by atoms with van der Waals surface area (Å²) in [6.07, 6.45) is 11.2. The molecular formula is C47H72O2Si2. The van der Waals surface area contributed by atoms with Crippen LogP contribution in [0.3, 0.4) is 0 Å². The van der Waals surface area contributed by atoms with E-state index in [0.717, 1.165) is 30.1 Å². The van der Waals surface area contributed by atoms with Crippen LogP contribution in [0.15, 0.2) is 60.7 Å². The number of fused-ring (bicyclic) bond motifs is 5. The van der Waals surface area contributed by atoms with Gasteiger partial charge < -0.3 is 9.53 Å². The molecule has 2 aromatic rings. The molecule has 0 unspecified atom stereocenters. The molecule has 280 valence electrons. The third-order valence-corrected chi connectivity index (χ3v) is 27.5. The average Bonchev–Trinajstić information content (AvgIpc) is 3.44. The van der Waals surface area contributed by atoms with Crippen molar-refractivity contribution in [1.82, 2.24) is 0 Å². The molecule has 4 aliphatic rings. The minimum atomic E-state index is -2.57. The normalized spacial score (nSPS) is 33.3. The fourth-order valence-electron chi connectivity index (χ4n) is 13.6. The topological polar surface area (TPSA) is 29.5 Å². The molecule has 1 N–H and O–H groups in total. The van der Waals surface area contributed by atoms with Crippen LogP contribution in [0, 0.1) is 51.9 Å². The van der Waals surface area contributed by atoms with Crippen LogP contribution in [0.5, 0.6) is 0 Å². The first kappa shape index (κ1) is 39.1. The molecule has 0 radical (unpaired) electrons.